The minimum absolute atomic E-state index is 0.00180. The van der Waals surface area contributed by atoms with Crippen molar-refractivity contribution in [3.8, 4) is 6.07 Å². The van der Waals surface area contributed by atoms with Crippen molar-refractivity contribution in [1.29, 1.82) is 5.26 Å². The Bertz CT molecular complexity index is 3600. The number of nitriles is 1. The molecular formula is C69H93N17O4. The summed E-state index contributed by atoms with van der Waals surface area (Å²) in [5, 5.41) is 52.7. The van der Waals surface area contributed by atoms with Crippen LogP contribution in [0.3, 0.4) is 0 Å². The van der Waals surface area contributed by atoms with Gasteiger partial charge in [0, 0.05) is 79.5 Å². The number of H-pyrrole nitrogens is 3. The van der Waals surface area contributed by atoms with E-state index < -0.39 is 0 Å². The average molecular weight is 1220 g/mol. The van der Waals surface area contributed by atoms with Crippen LogP contribution in [0.5, 0.6) is 0 Å². The number of primary amides is 1. The number of carbonyl (C=O) groups is 4. The molecule has 7 aromatic rings. The Kier molecular flexibility index (Phi) is 20.7. The summed E-state index contributed by atoms with van der Waals surface area (Å²) in [5.74, 6) is 4.46. The molecule has 3 aliphatic heterocycles. The molecule has 4 amide bonds. The fourth-order valence-corrected chi connectivity index (χ4v) is 14.4. The van der Waals surface area contributed by atoms with E-state index >= 15 is 0 Å². The number of nitrogens with two attached hydrogens (primary N) is 1. The van der Waals surface area contributed by atoms with Gasteiger partial charge in [-0.15, -0.1) is 0 Å². The van der Waals surface area contributed by atoms with Crippen molar-refractivity contribution in [3.05, 3.63) is 107 Å². The number of fused-ring (bicyclic) bond motifs is 3. The molecule has 13 rings (SSSR count). The molecule has 21 heteroatoms. The first-order chi connectivity index (χ1) is 43.6. The van der Waals surface area contributed by atoms with Crippen LogP contribution in [-0.4, -0.2) is 164 Å². The highest BCUT2D eigenvalue weighted by Gasteiger charge is 2.38. The quantitative estimate of drug-likeness (QED) is 0.0365. The van der Waals surface area contributed by atoms with E-state index in [0.717, 1.165) is 138 Å². The van der Waals surface area contributed by atoms with E-state index in [9.17, 15) is 19.2 Å². The van der Waals surface area contributed by atoms with Crippen molar-refractivity contribution in [3.63, 3.8) is 0 Å². The summed E-state index contributed by atoms with van der Waals surface area (Å²) in [6.45, 7) is 17.2. The van der Waals surface area contributed by atoms with Gasteiger partial charge in [0.15, 0.2) is 17.5 Å². The Morgan fingerprint density at radius 1 is 0.522 bits per heavy atom. The smallest absolute Gasteiger partial charge is 0.239 e. The van der Waals surface area contributed by atoms with Gasteiger partial charge >= 0.3 is 0 Å². The van der Waals surface area contributed by atoms with Gasteiger partial charge in [-0.05, 0) is 163 Å². The topological polar surface area (TPSA) is 286 Å². The maximum Gasteiger partial charge on any atom is 0.239 e. The normalized spacial score (nSPS) is 22.6. The number of hydrogen-bond acceptors (Lipinski definition) is 14. The first-order valence-corrected chi connectivity index (χ1v) is 33.0. The molecule has 6 heterocycles. The molecule has 6 aliphatic rings. The summed E-state index contributed by atoms with van der Waals surface area (Å²) in [7, 11) is 0. The summed E-state index contributed by atoms with van der Waals surface area (Å²) in [6.07, 6.45) is 14.6. The van der Waals surface area contributed by atoms with E-state index in [1.165, 1.54) is 62.5 Å². The van der Waals surface area contributed by atoms with Crippen molar-refractivity contribution in [2.45, 2.75) is 160 Å². The minimum Gasteiger partial charge on any atom is -0.369 e. The summed E-state index contributed by atoms with van der Waals surface area (Å²) >= 11 is 0. The Balaban J connectivity index is 0.000000140. The number of nitrogens with one attached hydrogen (secondary N) is 9. The molecule has 4 aromatic carbocycles. The van der Waals surface area contributed by atoms with Gasteiger partial charge in [-0.2, -0.15) is 20.6 Å². The second-order valence-electron chi connectivity index (χ2n) is 26.9. The number of carbonyl (C=O) groups excluding carboxylic acids is 4. The van der Waals surface area contributed by atoms with Crippen LogP contribution < -0.4 is 37.6 Å². The van der Waals surface area contributed by atoms with Crippen molar-refractivity contribution >= 4 is 73.8 Å². The maximum absolute atomic E-state index is 12.5. The average Bonchev–Trinajstić information content (AvgIpc) is 2.08. The van der Waals surface area contributed by atoms with Crippen molar-refractivity contribution in [2.24, 2.45) is 23.5 Å². The molecule has 3 aromatic heterocycles. The van der Waals surface area contributed by atoms with Crippen LogP contribution in [0.2, 0.25) is 0 Å². The van der Waals surface area contributed by atoms with E-state index in [1.54, 1.807) is 0 Å². The number of hydrogen-bond donors (Lipinski definition) is 10. The van der Waals surface area contributed by atoms with Crippen LogP contribution in [0.25, 0.3) is 32.7 Å². The van der Waals surface area contributed by atoms with Gasteiger partial charge in [0.25, 0.3) is 0 Å². The molecule has 90 heavy (non-hydrogen) atoms. The summed E-state index contributed by atoms with van der Waals surface area (Å²) in [6, 6.07) is 31.7. The number of aromatic amines is 3. The first kappa shape index (κ1) is 63.5. The molecule has 0 atom stereocenters. The number of amides is 4. The third-order valence-electron chi connectivity index (χ3n) is 19.9. The Hall–Kier alpha value is -8.06. The number of nitrogens with zero attached hydrogens (tertiary/aromatic N) is 7. The fourth-order valence-electron chi connectivity index (χ4n) is 14.4. The molecule has 478 valence electrons. The van der Waals surface area contributed by atoms with Gasteiger partial charge in [0.05, 0.1) is 66.8 Å². The molecular weight excluding hydrogens is 1130 g/mol. The number of rotatable bonds is 19. The predicted octanol–water partition coefficient (Wildman–Crippen LogP) is 8.30. The Labute approximate surface area is 528 Å². The predicted molar refractivity (Wildman–Crippen MR) is 355 cm³/mol. The molecule has 0 spiro atoms. The molecule has 11 N–H and O–H groups in total. The van der Waals surface area contributed by atoms with E-state index in [2.05, 4.69) is 140 Å². The lowest BCUT2D eigenvalue weighted by atomic mass is 9.78. The molecule has 3 aliphatic carbocycles. The molecule has 6 fully saturated rings. The third kappa shape index (κ3) is 16.3. The first-order valence-electron chi connectivity index (χ1n) is 33.0. The van der Waals surface area contributed by atoms with Gasteiger partial charge in [-0.1, -0.05) is 73.0 Å². The van der Waals surface area contributed by atoms with Gasteiger partial charge in [-0.3, -0.25) is 49.2 Å². The highest BCUT2D eigenvalue weighted by Crippen LogP contribution is 2.37. The summed E-state index contributed by atoms with van der Waals surface area (Å²) in [5.41, 5.74) is 14.0. The standard InChI is InChI=1S/C27H34N6O2.C22H33N5O.C20H26N6O/c1-17-2-11-24-23(12-17)27(32-31-24)29-14-26(35)30-21-15-33(16-21)22-9-7-20(8-10-22)19-5-3-18(4-6-19)13-25(28)34;1-14(2)16-5-7-18(8-6-16)27-12-17(13-27)24-21(28)11-23-22-19-10-15(3)4-9-20(19)25-26-22;1-13-2-7-18-17(8-13)20(25-24-18)22-10-19(27)23-15-11-26(12-15)16-5-3-14(9-21)4-6-16/h2-6,11-12,20-22H,7-10,13-16H2,1H3,(H2,28,34)(H,30,35)(H2,29,31,32);4,9-10,14,16-18H,5-8,11-13H2,1-3H3,(H,24,28)(H2,23,25,26);2,7-8,14-16H,3-6,10-12H2,1H3,(H,23,27)(H2,22,24,25). The van der Waals surface area contributed by atoms with Crippen LogP contribution >= 0.6 is 0 Å². The van der Waals surface area contributed by atoms with Crippen LogP contribution in [0, 0.1) is 49.9 Å². The van der Waals surface area contributed by atoms with E-state index in [0.29, 0.717) is 36.1 Å². The highest BCUT2D eigenvalue weighted by molar-refractivity contribution is 5.94. The van der Waals surface area contributed by atoms with Crippen LogP contribution in [0.4, 0.5) is 17.5 Å². The number of aromatic nitrogens is 6. The highest BCUT2D eigenvalue weighted by atomic mass is 16.2. The fraction of sp³-hybridized carbons (Fsp3) is 0.536. The number of benzene rings is 4. The second kappa shape index (κ2) is 29.3. The lowest BCUT2D eigenvalue weighted by Gasteiger charge is -2.47. The second-order valence-corrected chi connectivity index (χ2v) is 26.9. The lowest BCUT2D eigenvalue weighted by Crippen LogP contribution is -2.63. The molecule has 0 bridgehead atoms. The molecule has 0 unspecified atom stereocenters. The van der Waals surface area contributed by atoms with E-state index in [1.807, 2.05) is 56.3 Å². The maximum atomic E-state index is 12.5. The number of anilines is 3. The van der Waals surface area contributed by atoms with Gasteiger partial charge in [-0.25, -0.2) is 0 Å². The Morgan fingerprint density at radius 3 is 1.22 bits per heavy atom. The van der Waals surface area contributed by atoms with E-state index in [-0.39, 0.29) is 67.3 Å². The van der Waals surface area contributed by atoms with Crippen molar-refractivity contribution in [2.75, 3.05) is 74.9 Å². The molecule has 0 radical (unpaired) electrons. The lowest BCUT2D eigenvalue weighted by molar-refractivity contribution is -0.122. The summed E-state index contributed by atoms with van der Waals surface area (Å²) in [4.78, 5) is 55.6. The number of likely N-dealkylation sites (tertiary alicyclic amines) is 3. The third-order valence-corrected chi connectivity index (χ3v) is 19.9. The van der Waals surface area contributed by atoms with Gasteiger partial charge in [0.2, 0.25) is 23.6 Å². The van der Waals surface area contributed by atoms with Crippen molar-refractivity contribution in [1.82, 2.24) is 61.2 Å². The van der Waals surface area contributed by atoms with Crippen molar-refractivity contribution < 1.29 is 19.2 Å². The zero-order chi connectivity index (χ0) is 62.8. The number of aryl methyl sites for hydroxylation is 3. The van der Waals surface area contributed by atoms with Crippen LogP contribution in [0.15, 0.2) is 78.9 Å². The molecule has 3 saturated carbocycles. The van der Waals surface area contributed by atoms with Gasteiger partial charge < -0.3 is 37.6 Å². The van der Waals surface area contributed by atoms with Crippen LogP contribution in [-0.2, 0) is 25.6 Å². The largest absolute Gasteiger partial charge is 0.369 e. The monoisotopic (exact) mass is 1220 g/mol. The molecule has 3 saturated heterocycles. The minimum atomic E-state index is -0.292. The zero-order valence-corrected chi connectivity index (χ0v) is 53.2. The van der Waals surface area contributed by atoms with Gasteiger partial charge in [0.1, 0.15) is 0 Å². The Morgan fingerprint density at radius 2 is 0.878 bits per heavy atom. The summed E-state index contributed by atoms with van der Waals surface area (Å²) < 4.78 is 0. The SMILES string of the molecule is Cc1ccc2[nH]nc(NCC(=O)NC3CN(C4CCC(C#N)CC4)C3)c2c1.Cc1ccc2[nH]nc(NCC(=O)NC3CN(C4CCC(C(C)C)CC4)C3)c2c1.Cc1ccc2[nH]nc(NCC(=O)NC3CN(C4CCC(c5ccc(CC(N)=O)cc5)CC4)C3)c2c1. The van der Waals surface area contributed by atoms with Crippen LogP contribution in [0.1, 0.15) is 125 Å². The molecule has 21 nitrogen and oxygen atoms in total. The van der Waals surface area contributed by atoms with E-state index in [4.69, 9.17) is 11.0 Å². The zero-order valence-electron chi connectivity index (χ0n) is 53.2.